The average molecular weight is 460 g/mol. The number of aliphatic hydroxyl groups excluding tert-OH is 1. The van der Waals surface area contributed by atoms with Gasteiger partial charge in [0, 0.05) is 5.56 Å². The first-order chi connectivity index (χ1) is 17.0. The molecule has 174 valence electrons. The monoisotopic (exact) mass is 459 g/mol. The van der Waals surface area contributed by atoms with Crippen LogP contribution in [0.5, 0.6) is 0 Å². The highest BCUT2D eigenvalue weighted by Crippen LogP contribution is 2.50. The van der Waals surface area contributed by atoms with E-state index < -0.39 is 6.35 Å². The summed E-state index contributed by atoms with van der Waals surface area (Å²) < 4.78 is 0. The lowest BCUT2D eigenvalue weighted by molar-refractivity contribution is 0.0321. The maximum atomic E-state index is 12.1. The molecule has 3 atom stereocenters. The summed E-state index contributed by atoms with van der Waals surface area (Å²) in [4.78, 5) is 9.46. The molecule has 1 N–H and O–H groups in total. The molecular weight excluding hydrogens is 430 g/mol. The van der Waals surface area contributed by atoms with Crippen molar-refractivity contribution in [2.45, 2.75) is 39.2 Å². The first kappa shape index (κ1) is 21.6. The molecule has 0 unspecified atom stereocenters. The lowest BCUT2D eigenvalue weighted by Crippen LogP contribution is -2.53. The van der Waals surface area contributed by atoms with Gasteiger partial charge in [0.25, 0.3) is 0 Å². The maximum absolute atomic E-state index is 12.1. The highest BCUT2D eigenvalue weighted by Gasteiger charge is 2.48. The van der Waals surface area contributed by atoms with Crippen LogP contribution in [0.1, 0.15) is 45.5 Å². The van der Waals surface area contributed by atoms with Crippen LogP contribution in [0, 0.1) is 20.8 Å². The predicted octanol–water partition coefficient (Wildman–Crippen LogP) is 6.58. The summed E-state index contributed by atoms with van der Waals surface area (Å²) in [6.07, 6.45) is -0.900. The number of aryl methyl sites for hydroxylation is 3. The Morgan fingerprint density at radius 3 is 1.94 bits per heavy atom. The van der Waals surface area contributed by atoms with Gasteiger partial charge in [-0.25, -0.2) is 0 Å². The van der Waals surface area contributed by atoms with Gasteiger partial charge in [0.15, 0.2) is 0 Å². The number of aliphatic hydroxyl groups is 1. The fourth-order valence-corrected chi connectivity index (χ4v) is 5.82. The summed E-state index contributed by atoms with van der Waals surface area (Å²) in [5.74, 6) is 0.842. The Morgan fingerprint density at radius 2 is 1.29 bits per heavy atom. The highest BCUT2D eigenvalue weighted by atomic mass is 16.3. The molecule has 0 saturated heterocycles. The second kappa shape index (κ2) is 8.40. The molecule has 2 aliphatic rings. The third-order valence-corrected chi connectivity index (χ3v) is 7.15. The smallest absolute Gasteiger partial charge is 0.214 e. The van der Waals surface area contributed by atoms with Crippen LogP contribution in [0.4, 0.5) is 11.4 Å². The largest absolute Gasteiger partial charge is 0.356 e. The molecule has 0 aliphatic carbocycles. The van der Waals surface area contributed by atoms with Crippen LogP contribution in [0.25, 0.3) is 0 Å². The number of fused-ring (bicyclic) bond motifs is 3. The molecule has 4 nitrogen and oxygen atoms in total. The topological polar surface area (TPSA) is 39.1 Å². The van der Waals surface area contributed by atoms with E-state index in [1.54, 1.807) is 0 Å². The van der Waals surface area contributed by atoms with E-state index in [1.165, 1.54) is 5.56 Å². The molecule has 2 aliphatic heterocycles. The fraction of sp³-hybridized carbons (Fsp3) is 0.194. The third kappa shape index (κ3) is 3.44. The molecule has 2 heterocycles. The van der Waals surface area contributed by atoms with E-state index in [-0.39, 0.29) is 12.1 Å². The Morgan fingerprint density at radius 1 is 0.714 bits per heavy atom. The zero-order chi connectivity index (χ0) is 24.1. The van der Waals surface area contributed by atoms with Crippen LogP contribution in [-0.2, 0) is 0 Å². The van der Waals surface area contributed by atoms with Gasteiger partial charge in [-0.15, -0.1) is 0 Å². The van der Waals surface area contributed by atoms with E-state index in [0.29, 0.717) is 0 Å². The number of nitrogens with zero attached hydrogens (tertiary/aromatic N) is 3. The fourth-order valence-electron chi connectivity index (χ4n) is 5.82. The van der Waals surface area contributed by atoms with Crippen molar-refractivity contribution in [3.05, 3.63) is 130 Å². The number of aliphatic imine (C=N–C) groups is 1. The van der Waals surface area contributed by atoms with Crippen LogP contribution in [0.3, 0.4) is 0 Å². The van der Waals surface area contributed by atoms with E-state index >= 15 is 0 Å². The van der Waals surface area contributed by atoms with E-state index in [4.69, 9.17) is 4.99 Å². The second-order valence-electron chi connectivity index (χ2n) is 9.55. The number of benzene rings is 4. The van der Waals surface area contributed by atoms with Crippen molar-refractivity contribution in [1.82, 2.24) is 4.90 Å². The second-order valence-corrected chi connectivity index (χ2v) is 9.55. The molecule has 4 aromatic carbocycles. The standard InChI is InChI=1S/C31H29N3O/c1-20-18-21(2)28(22(3)19-20)33-26-17-11-10-16-25(26)30-32-27(23-12-6-4-7-13-23)29(34(30)31(33)35)24-14-8-5-9-15-24/h4-19,27,29,31,35H,1-3H3/t27-,29-,31-/m0/s1. The number of amidine groups is 1. The predicted molar refractivity (Wildman–Crippen MR) is 142 cm³/mol. The summed E-state index contributed by atoms with van der Waals surface area (Å²) in [5.41, 5.74) is 8.85. The Labute approximate surface area is 206 Å². The van der Waals surface area contributed by atoms with Crippen molar-refractivity contribution in [2.75, 3.05) is 4.90 Å². The summed E-state index contributed by atoms with van der Waals surface area (Å²) in [5, 5.41) is 12.1. The average Bonchev–Trinajstić information content (AvgIpc) is 3.28. The Bertz CT molecular complexity index is 1390. The van der Waals surface area contributed by atoms with Gasteiger partial charge in [-0.05, 0) is 55.2 Å². The van der Waals surface area contributed by atoms with Gasteiger partial charge in [0.2, 0.25) is 6.35 Å². The number of hydrogen-bond donors (Lipinski definition) is 1. The molecule has 0 saturated carbocycles. The quantitative estimate of drug-likeness (QED) is 0.376. The number of anilines is 2. The van der Waals surface area contributed by atoms with Gasteiger partial charge in [0.05, 0.1) is 17.4 Å². The zero-order valence-electron chi connectivity index (χ0n) is 20.3. The molecule has 0 aromatic heterocycles. The van der Waals surface area contributed by atoms with Gasteiger partial charge in [-0.1, -0.05) is 90.5 Å². The van der Waals surface area contributed by atoms with Crippen molar-refractivity contribution in [1.29, 1.82) is 0 Å². The molecule has 0 amide bonds. The van der Waals surface area contributed by atoms with Crippen molar-refractivity contribution in [3.8, 4) is 0 Å². The summed E-state index contributed by atoms with van der Waals surface area (Å²) in [6.45, 7) is 6.37. The number of rotatable bonds is 3. The van der Waals surface area contributed by atoms with E-state index in [1.807, 2.05) is 18.2 Å². The van der Waals surface area contributed by atoms with E-state index in [9.17, 15) is 5.11 Å². The van der Waals surface area contributed by atoms with Gasteiger partial charge < -0.3 is 10.0 Å². The molecule has 4 heteroatoms. The lowest BCUT2D eigenvalue weighted by atomic mass is 9.93. The summed E-state index contributed by atoms with van der Waals surface area (Å²) >= 11 is 0. The molecule has 0 radical (unpaired) electrons. The Hall–Kier alpha value is -3.89. The van der Waals surface area contributed by atoms with Gasteiger partial charge >= 0.3 is 0 Å². The number of hydrogen-bond acceptors (Lipinski definition) is 4. The first-order valence-electron chi connectivity index (χ1n) is 12.1. The van der Waals surface area contributed by atoms with Crippen LogP contribution in [-0.4, -0.2) is 22.2 Å². The minimum atomic E-state index is -0.900. The lowest BCUT2D eigenvalue weighted by Gasteiger charge is -2.46. The Balaban J connectivity index is 1.58. The highest BCUT2D eigenvalue weighted by molar-refractivity contribution is 6.08. The normalized spacial score (nSPS) is 20.9. The van der Waals surface area contributed by atoms with Crippen LogP contribution >= 0.6 is 0 Å². The molecule has 35 heavy (non-hydrogen) atoms. The minimum Gasteiger partial charge on any atom is -0.356 e. The molecule has 4 aromatic rings. The first-order valence-corrected chi connectivity index (χ1v) is 12.1. The molecule has 0 fully saturated rings. The van der Waals surface area contributed by atoms with Gasteiger partial charge in [0.1, 0.15) is 11.9 Å². The summed E-state index contributed by atoms with van der Waals surface area (Å²) in [7, 11) is 0. The van der Waals surface area contributed by atoms with Crippen molar-refractivity contribution in [2.24, 2.45) is 4.99 Å². The SMILES string of the molecule is Cc1cc(C)c(N2c3ccccc3C3=N[C@@H](c4ccccc4)[C@H](c4ccccc4)N3[C@H]2O)c(C)c1. The molecular formula is C31H29N3O. The third-order valence-electron chi connectivity index (χ3n) is 7.15. The van der Waals surface area contributed by atoms with E-state index in [2.05, 4.69) is 109 Å². The number of para-hydroxylation sites is 1. The van der Waals surface area contributed by atoms with Crippen LogP contribution in [0.2, 0.25) is 0 Å². The maximum Gasteiger partial charge on any atom is 0.214 e. The van der Waals surface area contributed by atoms with Gasteiger partial charge in [-0.2, -0.15) is 0 Å². The van der Waals surface area contributed by atoms with Crippen molar-refractivity contribution < 1.29 is 5.11 Å². The van der Waals surface area contributed by atoms with E-state index in [0.717, 1.165) is 45.0 Å². The van der Waals surface area contributed by atoms with Crippen molar-refractivity contribution in [3.63, 3.8) is 0 Å². The summed E-state index contributed by atoms with van der Waals surface area (Å²) in [6, 6.07) is 33.3. The zero-order valence-corrected chi connectivity index (χ0v) is 20.3. The van der Waals surface area contributed by atoms with Crippen molar-refractivity contribution >= 4 is 17.2 Å². The molecule has 0 bridgehead atoms. The van der Waals surface area contributed by atoms with Crippen LogP contribution in [0.15, 0.2) is 102 Å². The van der Waals surface area contributed by atoms with Gasteiger partial charge in [-0.3, -0.25) is 9.89 Å². The minimum absolute atomic E-state index is 0.128. The molecule has 0 spiro atoms. The molecule has 6 rings (SSSR count). The Kier molecular flexibility index (Phi) is 5.19. The van der Waals surface area contributed by atoms with Crippen LogP contribution < -0.4 is 4.90 Å².